The lowest BCUT2D eigenvalue weighted by atomic mass is 10.1. The molecule has 0 atom stereocenters. The van der Waals surface area contributed by atoms with Gasteiger partial charge in [0, 0.05) is 22.9 Å². The molecule has 0 saturated heterocycles. The van der Waals surface area contributed by atoms with Crippen molar-refractivity contribution in [3.8, 4) is 0 Å². The summed E-state index contributed by atoms with van der Waals surface area (Å²) in [6, 6.07) is 1.73. The number of aromatic amines is 1. The maximum Gasteiger partial charge on any atom is 0.331 e. The molecule has 0 spiro atoms. The molecule has 0 aliphatic heterocycles. The molecule has 0 aliphatic rings. The predicted molar refractivity (Wildman–Crippen MR) is 67.3 cm³/mol. The summed E-state index contributed by atoms with van der Waals surface area (Å²) >= 11 is 0. The van der Waals surface area contributed by atoms with Crippen molar-refractivity contribution in [1.29, 1.82) is 0 Å². The van der Waals surface area contributed by atoms with E-state index in [0.717, 1.165) is 5.69 Å². The third kappa shape index (κ3) is 3.19. The van der Waals surface area contributed by atoms with Gasteiger partial charge < -0.3 is 10.4 Å². The molecule has 6 heteroatoms. The number of H-pyrrole nitrogens is 1. The minimum Gasteiger partial charge on any atom is -0.478 e. The highest BCUT2D eigenvalue weighted by Gasteiger charge is 2.14. The van der Waals surface area contributed by atoms with Crippen LogP contribution in [0.1, 0.15) is 39.3 Å². The lowest BCUT2D eigenvalue weighted by molar-refractivity contribution is -0.133. The van der Waals surface area contributed by atoms with Crippen LogP contribution in [0, 0.1) is 0 Å². The van der Waals surface area contributed by atoms with E-state index in [2.05, 4.69) is 15.5 Å². The Balaban J connectivity index is 2.82. The number of aromatic nitrogens is 2. The Morgan fingerprint density at radius 3 is 2.39 bits per heavy atom. The number of carbonyl (C=O) groups excluding carboxylic acids is 1. The highest BCUT2D eigenvalue weighted by Crippen LogP contribution is 2.15. The second kappa shape index (κ2) is 5.48. The molecule has 0 aliphatic carbocycles. The third-order valence-electron chi connectivity index (χ3n) is 2.69. The molecule has 1 amide bonds. The van der Waals surface area contributed by atoms with Crippen molar-refractivity contribution in [3.63, 3.8) is 0 Å². The fourth-order valence-electron chi connectivity index (χ4n) is 1.24. The third-order valence-corrected chi connectivity index (χ3v) is 2.69. The van der Waals surface area contributed by atoms with E-state index in [0.29, 0.717) is 5.82 Å². The molecule has 98 valence electrons. The smallest absolute Gasteiger partial charge is 0.331 e. The van der Waals surface area contributed by atoms with Crippen LogP contribution in [0.4, 0.5) is 5.82 Å². The topological polar surface area (TPSA) is 95.1 Å². The summed E-state index contributed by atoms with van der Waals surface area (Å²) in [6.45, 7) is 6.85. The van der Waals surface area contributed by atoms with Gasteiger partial charge in [0.25, 0.3) is 5.91 Å². The zero-order chi connectivity index (χ0) is 13.9. The number of carbonyl (C=O) groups is 2. The Morgan fingerprint density at radius 1 is 1.33 bits per heavy atom. The number of amides is 1. The Hall–Kier alpha value is -2.11. The van der Waals surface area contributed by atoms with Crippen molar-refractivity contribution < 1.29 is 14.7 Å². The molecular formula is C12H17N3O3. The Morgan fingerprint density at radius 2 is 1.94 bits per heavy atom. The lowest BCUT2D eigenvalue weighted by Gasteiger charge is -2.03. The number of hydrogen-bond donors (Lipinski definition) is 3. The van der Waals surface area contributed by atoms with Crippen molar-refractivity contribution >= 4 is 17.7 Å². The van der Waals surface area contributed by atoms with Crippen LogP contribution in [0.3, 0.4) is 0 Å². The van der Waals surface area contributed by atoms with E-state index < -0.39 is 11.9 Å². The van der Waals surface area contributed by atoms with Crippen LogP contribution >= 0.6 is 0 Å². The van der Waals surface area contributed by atoms with E-state index in [1.54, 1.807) is 6.07 Å². The number of nitrogens with one attached hydrogen (secondary N) is 2. The molecule has 0 bridgehead atoms. The molecule has 18 heavy (non-hydrogen) atoms. The van der Waals surface area contributed by atoms with Gasteiger partial charge in [-0.1, -0.05) is 13.8 Å². The number of aliphatic carboxylic acids is 1. The number of nitrogens with zero attached hydrogens (tertiary/aromatic N) is 1. The maximum absolute atomic E-state index is 11.8. The summed E-state index contributed by atoms with van der Waals surface area (Å²) in [7, 11) is 0. The molecule has 0 saturated carbocycles. The Bertz CT molecular complexity index is 500. The first-order valence-corrected chi connectivity index (χ1v) is 5.60. The molecule has 0 unspecified atom stereocenters. The van der Waals surface area contributed by atoms with Crippen LogP contribution in [0.5, 0.6) is 0 Å². The van der Waals surface area contributed by atoms with E-state index in [1.165, 1.54) is 13.8 Å². The second-order valence-corrected chi connectivity index (χ2v) is 4.37. The van der Waals surface area contributed by atoms with E-state index >= 15 is 0 Å². The molecule has 1 rings (SSSR count). The zero-order valence-corrected chi connectivity index (χ0v) is 10.9. The molecular weight excluding hydrogens is 234 g/mol. The van der Waals surface area contributed by atoms with Gasteiger partial charge in [-0.05, 0) is 19.8 Å². The number of carboxylic acids is 1. The van der Waals surface area contributed by atoms with Crippen molar-refractivity contribution in [2.45, 2.75) is 33.6 Å². The van der Waals surface area contributed by atoms with Crippen LogP contribution in [-0.4, -0.2) is 27.2 Å². The number of rotatable bonds is 4. The lowest BCUT2D eigenvalue weighted by Crippen LogP contribution is -2.16. The molecule has 1 aromatic heterocycles. The SMILES string of the molecule is C/C(C(=O)O)=C(\C)C(=O)Nc1cc(C(C)C)[nH]n1. The van der Waals surface area contributed by atoms with Gasteiger partial charge in [0.05, 0.1) is 0 Å². The van der Waals surface area contributed by atoms with Gasteiger partial charge in [-0.25, -0.2) is 4.79 Å². The monoisotopic (exact) mass is 251 g/mol. The minimum atomic E-state index is -1.10. The summed E-state index contributed by atoms with van der Waals surface area (Å²) in [6.07, 6.45) is 0. The number of anilines is 1. The summed E-state index contributed by atoms with van der Waals surface area (Å²) < 4.78 is 0. The van der Waals surface area contributed by atoms with Gasteiger partial charge in [0.2, 0.25) is 0 Å². The van der Waals surface area contributed by atoms with E-state index in [4.69, 9.17) is 5.11 Å². The summed E-state index contributed by atoms with van der Waals surface area (Å²) in [4.78, 5) is 22.5. The Labute approximate surface area is 105 Å². The quantitative estimate of drug-likeness (QED) is 0.712. The average molecular weight is 251 g/mol. The van der Waals surface area contributed by atoms with Crippen molar-refractivity contribution in [3.05, 3.63) is 22.9 Å². The van der Waals surface area contributed by atoms with Crippen molar-refractivity contribution in [1.82, 2.24) is 10.2 Å². The normalized spacial score (nSPS) is 12.3. The largest absolute Gasteiger partial charge is 0.478 e. The fraction of sp³-hybridized carbons (Fsp3) is 0.417. The highest BCUT2D eigenvalue weighted by molar-refractivity contribution is 6.07. The van der Waals surface area contributed by atoms with Crippen LogP contribution in [-0.2, 0) is 9.59 Å². The summed E-state index contributed by atoms with van der Waals surface area (Å²) in [5.74, 6) is -0.897. The zero-order valence-electron chi connectivity index (χ0n) is 10.9. The van der Waals surface area contributed by atoms with Crippen LogP contribution in [0.25, 0.3) is 0 Å². The van der Waals surface area contributed by atoms with Crippen molar-refractivity contribution in [2.24, 2.45) is 0 Å². The maximum atomic E-state index is 11.8. The summed E-state index contributed by atoms with van der Waals surface area (Å²) in [5, 5.41) is 18.1. The standard InChI is InChI=1S/C12H17N3O3/c1-6(2)9-5-10(15-14-9)13-11(16)7(3)8(4)12(17)18/h5-6H,1-4H3,(H,17,18)(H2,13,14,15,16)/b8-7-. The minimum absolute atomic E-state index is 0.0205. The van der Waals surface area contributed by atoms with Crippen LogP contribution in [0.2, 0.25) is 0 Å². The first kappa shape index (κ1) is 14.0. The first-order valence-electron chi connectivity index (χ1n) is 5.60. The van der Waals surface area contributed by atoms with Gasteiger partial charge in [0.15, 0.2) is 5.82 Å². The molecule has 3 N–H and O–H groups in total. The molecule has 0 radical (unpaired) electrons. The van der Waals surface area contributed by atoms with Gasteiger partial charge >= 0.3 is 5.97 Å². The first-order chi connectivity index (χ1) is 8.32. The van der Waals surface area contributed by atoms with Gasteiger partial charge in [-0.15, -0.1) is 0 Å². The predicted octanol–water partition coefficient (Wildman–Crippen LogP) is 1.89. The van der Waals surface area contributed by atoms with E-state index in [-0.39, 0.29) is 17.1 Å². The molecule has 0 fully saturated rings. The molecule has 1 heterocycles. The number of carboxylic acid groups (broad SMARTS) is 1. The number of hydrogen-bond acceptors (Lipinski definition) is 3. The van der Waals surface area contributed by atoms with Crippen LogP contribution in [0.15, 0.2) is 17.2 Å². The Kier molecular flexibility index (Phi) is 4.25. The van der Waals surface area contributed by atoms with E-state index in [1.807, 2.05) is 13.8 Å². The highest BCUT2D eigenvalue weighted by atomic mass is 16.4. The average Bonchev–Trinajstić information content (AvgIpc) is 2.75. The van der Waals surface area contributed by atoms with Crippen LogP contribution < -0.4 is 5.32 Å². The second-order valence-electron chi connectivity index (χ2n) is 4.37. The summed E-state index contributed by atoms with van der Waals surface area (Å²) in [5.41, 5.74) is 1.09. The fourth-order valence-corrected chi connectivity index (χ4v) is 1.24. The molecule has 0 aromatic carbocycles. The van der Waals surface area contributed by atoms with Gasteiger partial charge in [-0.2, -0.15) is 5.10 Å². The van der Waals surface area contributed by atoms with E-state index in [9.17, 15) is 9.59 Å². The van der Waals surface area contributed by atoms with Crippen molar-refractivity contribution in [2.75, 3.05) is 5.32 Å². The van der Waals surface area contributed by atoms with Gasteiger partial charge in [0.1, 0.15) is 0 Å². The molecule has 6 nitrogen and oxygen atoms in total. The molecule has 1 aromatic rings. The van der Waals surface area contributed by atoms with Gasteiger partial charge in [-0.3, -0.25) is 9.89 Å².